The molecule has 0 aromatic carbocycles. The first-order valence-electron chi connectivity index (χ1n) is 10.4. The van der Waals surface area contributed by atoms with E-state index in [1.807, 2.05) is 6.07 Å². The Kier molecular flexibility index (Phi) is 6.20. The van der Waals surface area contributed by atoms with Crippen LogP contribution in [0.4, 0.5) is 22.0 Å². The van der Waals surface area contributed by atoms with Gasteiger partial charge in [-0.1, -0.05) is 0 Å². The molecule has 3 aromatic rings. The average molecular weight is 482 g/mol. The number of hydrogen-bond acceptors (Lipinski definition) is 6. The largest absolute Gasteiger partial charge is 0.390 e. The summed E-state index contributed by atoms with van der Waals surface area (Å²) in [5.41, 5.74) is 0.767. The molecule has 1 aliphatic rings. The van der Waals surface area contributed by atoms with Gasteiger partial charge in [-0.2, -0.15) is 33.4 Å². The number of rotatable bonds is 6. The van der Waals surface area contributed by atoms with Crippen molar-refractivity contribution in [2.45, 2.75) is 56.8 Å². The SMILES string of the molecule is N#Cc1cnn2cc(C(NC(=O)c3cnn(CCC(F)(F)F)n3)C3CCC(F)(F)CC3)nc2c1. The number of nitrogens with zero attached hydrogens (tertiary/aromatic N) is 7. The van der Waals surface area contributed by atoms with Gasteiger partial charge in [-0.3, -0.25) is 4.79 Å². The minimum Gasteiger partial charge on any atom is -0.342 e. The van der Waals surface area contributed by atoms with E-state index < -0.39 is 37.0 Å². The molecule has 1 saturated carbocycles. The fourth-order valence-corrected chi connectivity index (χ4v) is 3.89. The van der Waals surface area contributed by atoms with Crippen LogP contribution in [0, 0.1) is 17.2 Å². The van der Waals surface area contributed by atoms with E-state index >= 15 is 0 Å². The number of aryl methyl sites for hydroxylation is 1. The Morgan fingerprint density at radius 1 is 1.26 bits per heavy atom. The first-order chi connectivity index (χ1) is 16.0. The molecule has 180 valence electrons. The molecule has 0 spiro atoms. The van der Waals surface area contributed by atoms with Crippen molar-refractivity contribution in [2.75, 3.05) is 0 Å². The number of nitrogens with one attached hydrogen (secondary N) is 1. The van der Waals surface area contributed by atoms with E-state index in [2.05, 4.69) is 25.6 Å². The van der Waals surface area contributed by atoms with Gasteiger partial charge in [0.25, 0.3) is 5.91 Å². The Labute approximate surface area is 189 Å². The zero-order valence-corrected chi connectivity index (χ0v) is 17.6. The molecule has 1 aliphatic carbocycles. The number of carbonyl (C=O) groups is 1. The van der Waals surface area contributed by atoms with Crippen molar-refractivity contribution in [1.82, 2.24) is 34.9 Å². The van der Waals surface area contributed by atoms with Crippen LogP contribution >= 0.6 is 0 Å². The molecular formula is C20H19F5N8O. The van der Waals surface area contributed by atoms with Crippen molar-refractivity contribution in [3.63, 3.8) is 0 Å². The molecule has 0 aliphatic heterocycles. The fraction of sp³-hybridized carbons (Fsp3) is 0.500. The maximum Gasteiger partial charge on any atom is 0.390 e. The second kappa shape index (κ2) is 8.96. The molecule has 9 nitrogen and oxygen atoms in total. The number of aromatic nitrogens is 6. The summed E-state index contributed by atoms with van der Waals surface area (Å²) < 4.78 is 66.2. The van der Waals surface area contributed by atoms with Crippen molar-refractivity contribution in [1.29, 1.82) is 5.26 Å². The number of imidazole rings is 1. The summed E-state index contributed by atoms with van der Waals surface area (Å²) >= 11 is 0. The third-order valence-corrected chi connectivity index (χ3v) is 5.67. The first kappa shape index (κ1) is 23.5. The molecular weight excluding hydrogens is 463 g/mol. The maximum absolute atomic E-state index is 13.7. The summed E-state index contributed by atoms with van der Waals surface area (Å²) in [6, 6.07) is 2.66. The zero-order valence-electron chi connectivity index (χ0n) is 17.6. The summed E-state index contributed by atoms with van der Waals surface area (Å²) in [5, 5.41) is 23.4. The van der Waals surface area contributed by atoms with Crippen LogP contribution in [0.25, 0.3) is 5.65 Å². The molecule has 1 unspecified atom stereocenters. The van der Waals surface area contributed by atoms with Crippen LogP contribution in [0.2, 0.25) is 0 Å². The third kappa shape index (κ3) is 5.46. The summed E-state index contributed by atoms with van der Waals surface area (Å²) in [6.45, 7) is -0.544. The van der Waals surface area contributed by atoms with Crippen LogP contribution in [-0.4, -0.2) is 47.6 Å². The number of hydrogen-bond donors (Lipinski definition) is 1. The molecule has 0 radical (unpaired) electrons. The van der Waals surface area contributed by atoms with Gasteiger partial charge in [0.15, 0.2) is 11.3 Å². The van der Waals surface area contributed by atoms with Crippen LogP contribution in [0.1, 0.15) is 59.9 Å². The van der Waals surface area contributed by atoms with Crippen LogP contribution < -0.4 is 5.32 Å². The van der Waals surface area contributed by atoms with E-state index in [1.165, 1.54) is 23.0 Å². The van der Waals surface area contributed by atoms with Gasteiger partial charge in [-0.05, 0) is 18.8 Å². The highest BCUT2D eigenvalue weighted by molar-refractivity contribution is 5.92. The summed E-state index contributed by atoms with van der Waals surface area (Å²) in [6.07, 6.45) is -2.07. The van der Waals surface area contributed by atoms with Crippen molar-refractivity contribution in [3.8, 4) is 6.07 Å². The second-order valence-corrected chi connectivity index (χ2v) is 8.16. The number of nitriles is 1. The number of fused-ring (bicyclic) bond motifs is 1. The van der Waals surface area contributed by atoms with Crippen molar-refractivity contribution < 1.29 is 26.7 Å². The predicted molar refractivity (Wildman–Crippen MR) is 106 cm³/mol. The highest BCUT2D eigenvalue weighted by atomic mass is 19.4. The molecule has 0 saturated heterocycles. The lowest BCUT2D eigenvalue weighted by Crippen LogP contribution is -2.37. The Morgan fingerprint density at radius 3 is 2.68 bits per heavy atom. The monoisotopic (exact) mass is 482 g/mol. The zero-order chi connectivity index (χ0) is 24.5. The summed E-state index contributed by atoms with van der Waals surface area (Å²) in [5.74, 6) is -3.87. The number of alkyl halides is 5. The van der Waals surface area contributed by atoms with Crippen LogP contribution in [0.3, 0.4) is 0 Å². The first-order valence-corrected chi connectivity index (χ1v) is 10.4. The third-order valence-electron chi connectivity index (χ3n) is 5.67. The minimum absolute atomic E-state index is 0.126. The van der Waals surface area contributed by atoms with Crippen molar-refractivity contribution in [2.24, 2.45) is 5.92 Å². The summed E-state index contributed by atoms with van der Waals surface area (Å²) in [7, 11) is 0. The minimum atomic E-state index is -4.40. The maximum atomic E-state index is 13.7. The molecule has 1 N–H and O–H groups in total. The van der Waals surface area contributed by atoms with E-state index in [-0.39, 0.29) is 42.9 Å². The normalized spacial score (nSPS) is 17.4. The number of halogens is 5. The number of amides is 1. The molecule has 1 amide bonds. The van der Waals surface area contributed by atoms with E-state index in [1.54, 1.807) is 0 Å². The molecule has 0 bridgehead atoms. The highest BCUT2D eigenvalue weighted by Crippen LogP contribution is 2.41. The van der Waals surface area contributed by atoms with Gasteiger partial charge in [0.05, 0.1) is 48.9 Å². The molecule has 1 fully saturated rings. The molecule has 4 rings (SSSR count). The highest BCUT2D eigenvalue weighted by Gasteiger charge is 2.39. The Balaban J connectivity index is 1.57. The van der Waals surface area contributed by atoms with Gasteiger partial charge < -0.3 is 5.32 Å². The molecule has 14 heteroatoms. The van der Waals surface area contributed by atoms with Gasteiger partial charge >= 0.3 is 6.18 Å². The topological polar surface area (TPSA) is 114 Å². The summed E-state index contributed by atoms with van der Waals surface area (Å²) in [4.78, 5) is 18.0. The number of carbonyl (C=O) groups excluding carboxylic acids is 1. The molecule has 3 heterocycles. The van der Waals surface area contributed by atoms with Crippen molar-refractivity contribution >= 4 is 11.6 Å². The molecule has 3 aromatic heterocycles. The van der Waals surface area contributed by atoms with Gasteiger partial charge in [-0.25, -0.2) is 18.3 Å². The average Bonchev–Trinajstić information content (AvgIpc) is 3.42. The second-order valence-electron chi connectivity index (χ2n) is 8.16. The van der Waals surface area contributed by atoms with Gasteiger partial charge in [0, 0.05) is 18.9 Å². The Morgan fingerprint density at radius 2 is 2.00 bits per heavy atom. The quantitative estimate of drug-likeness (QED) is 0.539. The van der Waals surface area contributed by atoms with Gasteiger partial charge in [0.1, 0.15) is 6.07 Å². The van der Waals surface area contributed by atoms with Gasteiger partial charge in [0.2, 0.25) is 5.92 Å². The molecule has 34 heavy (non-hydrogen) atoms. The van der Waals surface area contributed by atoms with E-state index in [9.17, 15) is 26.7 Å². The van der Waals surface area contributed by atoms with Crippen LogP contribution in [0.15, 0.2) is 24.7 Å². The Hall–Kier alpha value is -3.63. The standard InChI is InChI=1S/C20H19F5N8O/c21-19(22)3-1-13(2-4-19)17(15-11-32-16(29-15)7-12(8-26)9-27-32)30-18(34)14-10-28-33(31-14)6-5-20(23,24)25/h7,9-11,13,17H,1-6H2,(H,30,34). The van der Waals surface area contributed by atoms with Gasteiger partial charge in [-0.15, -0.1) is 5.10 Å². The van der Waals surface area contributed by atoms with Crippen LogP contribution in [0.5, 0.6) is 0 Å². The lowest BCUT2D eigenvalue weighted by Gasteiger charge is -2.33. The van der Waals surface area contributed by atoms with E-state index in [0.29, 0.717) is 11.3 Å². The smallest absolute Gasteiger partial charge is 0.342 e. The van der Waals surface area contributed by atoms with Crippen molar-refractivity contribution in [3.05, 3.63) is 41.6 Å². The van der Waals surface area contributed by atoms with E-state index in [0.717, 1.165) is 11.0 Å². The molecule has 1 atom stereocenters. The van der Waals surface area contributed by atoms with Crippen LogP contribution in [-0.2, 0) is 6.54 Å². The fourth-order valence-electron chi connectivity index (χ4n) is 3.89. The van der Waals surface area contributed by atoms with E-state index in [4.69, 9.17) is 5.26 Å². The Bertz CT molecular complexity index is 1220. The lowest BCUT2D eigenvalue weighted by molar-refractivity contribution is -0.137. The predicted octanol–water partition coefficient (Wildman–Crippen LogP) is 3.44. The lowest BCUT2D eigenvalue weighted by atomic mass is 9.81.